The van der Waals surface area contributed by atoms with Crippen molar-refractivity contribution >= 4 is 23.6 Å². The van der Waals surface area contributed by atoms with Crippen molar-refractivity contribution < 1.29 is 19.2 Å². The Balaban J connectivity index is 1.62. The minimum atomic E-state index is -0.400. The molecule has 3 aliphatic heterocycles. The minimum Gasteiger partial charge on any atom is -0.340 e. The molecule has 3 heterocycles. The van der Waals surface area contributed by atoms with Crippen molar-refractivity contribution in [3.63, 3.8) is 0 Å². The van der Waals surface area contributed by atoms with Crippen molar-refractivity contribution in [3.05, 3.63) is 0 Å². The van der Waals surface area contributed by atoms with Crippen LogP contribution in [0, 0.1) is 11.8 Å². The smallest absolute Gasteiger partial charge is 0.242 e. The Morgan fingerprint density at radius 3 is 2.29 bits per heavy atom. The molecular formula is C14H19N3O4. The summed E-state index contributed by atoms with van der Waals surface area (Å²) in [7, 11) is 1.49. The summed E-state index contributed by atoms with van der Waals surface area (Å²) in [6.45, 7) is 1.27. The molecule has 0 aromatic rings. The van der Waals surface area contributed by atoms with Crippen molar-refractivity contribution in [2.75, 3.05) is 33.2 Å². The van der Waals surface area contributed by atoms with Crippen LogP contribution in [0.15, 0.2) is 0 Å². The van der Waals surface area contributed by atoms with E-state index in [1.165, 1.54) is 7.05 Å². The maximum absolute atomic E-state index is 12.3. The summed E-state index contributed by atoms with van der Waals surface area (Å²) in [6, 6.07) is 0. The molecule has 21 heavy (non-hydrogen) atoms. The van der Waals surface area contributed by atoms with E-state index in [1.54, 1.807) is 9.80 Å². The third-order valence-corrected chi connectivity index (χ3v) is 4.72. The Morgan fingerprint density at radius 2 is 1.71 bits per heavy atom. The summed E-state index contributed by atoms with van der Waals surface area (Å²) < 4.78 is 0. The van der Waals surface area contributed by atoms with Gasteiger partial charge in [-0.25, -0.2) is 0 Å². The van der Waals surface area contributed by atoms with Gasteiger partial charge in [0, 0.05) is 33.1 Å². The zero-order valence-electron chi connectivity index (χ0n) is 12.1. The number of imide groups is 1. The van der Waals surface area contributed by atoms with Gasteiger partial charge in [-0.15, -0.1) is 0 Å². The number of nitrogens with zero attached hydrogens (tertiary/aromatic N) is 3. The summed E-state index contributed by atoms with van der Waals surface area (Å²) in [5, 5.41) is 0. The zero-order chi connectivity index (χ0) is 15.1. The first-order valence-corrected chi connectivity index (χ1v) is 7.36. The monoisotopic (exact) mass is 293 g/mol. The van der Waals surface area contributed by atoms with Crippen LogP contribution in [0.2, 0.25) is 0 Å². The number of fused-ring (bicyclic) bond motifs is 1. The largest absolute Gasteiger partial charge is 0.340 e. The summed E-state index contributed by atoms with van der Waals surface area (Å²) >= 11 is 0. The van der Waals surface area contributed by atoms with E-state index < -0.39 is 11.8 Å². The number of carbonyl (C=O) groups is 4. The van der Waals surface area contributed by atoms with Gasteiger partial charge in [0.1, 0.15) is 0 Å². The van der Waals surface area contributed by atoms with Crippen LogP contribution in [-0.4, -0.2) is 71.6 Å². The number of amides is 4. The molecular weight excluding hydrogens is 274 g/mol. The van der Waals surface area contributed by atoms with Gasteiger partial charge < -0.3 is 9.80 Å². The van der Waals surface area contributed by atoms with Crippen molar-refractivity contribution in [2.45, 2.75) is 19.3 Å². The number of piperidine rings is 1. The Labute approximate surface area is 122 Å². The van der Waals surface area contributed by atoms with Crippen LogP contribution < -0.4 is 0 Å². The minimum absolute atomic E-state index is 0.0147. The quantitative estimate of drug-likeness (QED) is 0.616. The topological polar surface area (TPSA) is 78.0 Å². The highest BCUT2D eigenvalue weighted by Gasteiger charge is 2.52. The Bertz CT molecular complexity index is 494. The van der Waals surface area contributed by atoms with Gasteiger partial charge >= 0.3 is 0 Å². The van der Waals surface area contributed by atoms with Crippen molar-refractivity contribution in [1.29, 1.82) is 0 Å². The van der Waals surface area contributed by atoms with E-state index in [-0.39, 0.29) is 30.2 Å². The highest BCUT2D eigenvalue weighted by molar-refractivity contribution is 6.06. The van der Waals surface area contributed by atoms with E-state index in [0.717, 1.165) is 17.7 Å². The van der Waals surface area contributed by atoms with Crippen LogP contribution in [0.3, 0.4) is 0 Å². The average molecular weight is 293 g/mol. The van der Waals surface area contributed by atoms with E-state index in [4.69, 9.17) is 0 Å². The molecule has 3 aliphatic rings. The fourth-order valence-corrected chi connectivity index (χ4v) is 3.41. The summed E-state index contributed by atoms with van der Waals surface area (Å²) in [5.74, 6) is -1.35. The van der Waals surface area contributed by atoms with E-state index in [1.807, 2.05) is 0 Å². The molecule has 7 nitrogen and oxygen atoms in total. The zero-order valence-corrected chi connectivity index (χ0v) is 12.1. The van der Waals surface area contributed by atoms with Crippen LogP contribution in [0.4, 0.5) is 0 Å². The Morgan fingerprint density at radius 1 is 1.10 bits per heavy atom. The van der Waals surface area contributed by atoms with E-state index in [9.17, 15) is 19.2 Å². The van der Waals surface area contributed by atoms with Crippen molar-refractivity contribution in [3.8, 4) is 0 Å². The standard InChI is InChI=1S/C14H19N3O4/c1-15-13(20)9-6-17(7-10(9)14(15)21)12(19)8-16-5-3-2-4-11(16)18/h9-10H,2-8H2,1H3/t9-,10+. The average Bonchev–Trinajstić information content (AvgIpc) is 2.99. The highest BCUT2D eigenvalue weighted by Crippen LogP contribution is 2.32. The van der Waals surface area contributed by atoms with Gasteiger partial charge in [0.25, 0.3) is 0 Å². The molecule has 4 amide bonds. The molecule has 0 unspecified atom stereocenters. The molecule has 114 valence electrons. The first-order valence-electron chi connectivity index (χ1n) is 7.36. The molecule has 3 rings (SSSR count). The molecule has 2 atom stereocenters. The Hall–Kier alpha value is -1.92. The second-order valence-corrected chi connectivity index (χ2v) is 6.02. The lowest BCUT2D eigenvalue weighted by Gasteiger charge is -2.28. The molecule has 0 N–H and O–H groups in total. The van der Waals surface area contributed by atoms with Gasteiger partial charge in [0.15, 0.2) is 0 Å². The summed E-state index contributed by atoms with van der Waals surface area (Å²) in [5.41, 5.74) is 0. The molecule has 3 fully saturated rings. The van der Waals surface area contributed by atoms with Crippen LogP contribution in [0.5, 0.6) is 0 Å². The van der Waals surface area contributed by atoms with E-state index in [0.29, 0.717) is 26.1 Å². The van der Waals surface area contributed by atoms with Gasteiger partial charge in [-0.05, 0) is 12.8 Å². The molecule has 3 saturated heterocycles. The predicted octanol–water partition coefficient (Wildman–Crippen LogP) is -0.928. The Kier molecular flexibility index (Phi) is 3.43. The third kappa shape index (κ3) is 2.30. The number of carbonyl (C=O) groups excluding carboxylic acids is 4. The van der Waals surface area contributed by atoms with Crippen molar-refractivity contribution in [2.24, 2.45) is 11.8 Å². The molecule has 0 aliphatic carbocycles. The molecule has 0 bridgehead atoms. The maximum Gasteiger partial charge on any atom is 0.242 e. The predicted molar refractivity (Wildman–Crippen MR) is 71.8 cm³/mol. The van der Waals surface area contributed by atoms with Gasteiger partial charge in [-0.1, -0.05) is 0 Å². The second-order valence-electron chi connectivity index (χ2n) is 6.02. The fraction of sp³-hybridized carbons (Fsp3) is 0.714. The van der Waals surface area contributed by atoms with Crippen molar-refractivity contribution in [1.82, 2.24) is 14.7 Å². The van der Waals surface area contributed by atoms with Gasteiger partial charge in [0.2, 0.25) is 23.6 Å². The summed E-state index contributed by atoms with van der Waals surface area (Å²) in [4.78, 5) is 52.1. The number of likely N-dealkylation sites (tertiary alicyclic amines) is 3. The number of hydrogen-bond donors (Lipinski definition) is 0. The van der Waals surface area contributed by atoms with Crippen LogP contribution in [-0.2, 0) is 19.2 Å². The van der Waals surface area contributed by atoms with Gasteiger partial charge in [-0.2, -0.15) is 0 Å². The molecule has 7 heteroatoms. The summed E-state index contributed by atoms with van der Waals surface area (Å²) in [6.07, 6.45) is 2.30. The molecule has 0 saturated carbocycles. The molecule has 0 spiro atoms. The molecule has 0 aromatic carbocycles. The fourth-order valence-electron chi connectivity index (χ4n) is 3.41. The first kappa shape index (κ1) is 14.0. The molecule has 0 aromatic heterocycles. The van der Waals surface area contributed by atoms with Crippen LogP contribution in [0.25, 0.3) is 0 Å². The van der Waals surface area contributed by atoms with E-state index >= 15 is 0 Å². The van der Waals surface area contributed by atoms with Gasteiger partial charge in [-0.3, -0.25) is 24.1 Å². The second kappa shape index (κ2) is 5.13. The highest BCUT2D eigenvalue weighted by atomic mass is 16.2. The number of rotatable bonds is 2. The maximum atomic E-state index is 12.3. The lowest BCUT2D eigenvalue weighted by atomic mass is 10.00. The number of hydrogen-bond acceptors (Lipinski definition) is 4. The lowest BCUT2D eigenvalue weighted by Crippen LogP contribution is -2.45. The van der Waals surface area contributed by atoms with Crippen LogP contribution in [0.1, 0.15) is 19.3 Å². The SMILES string of the molecule is CN1C(=O)[C@H]2CN(C(=O)CN3CCCCC3=O)C[C@H]2C1=O. The first-order chi connectivity index (χ1) is 9.99. The van der Waals surface area contributed by atoms with E-state index in [2.05, 4.69) is 0 Å². The normalized spacial score (nSPS) is 29.4. The lowest BCUT2D eigenvalue weighted by molar-refractivity contribution is -0.143. The van der Waals surface area contributed by atoms with Gasteiger partial charge in [0.05, 0.1) is 18.4 Å². The third-order valence-electron chi connectivity index (χ3n) is 4.72. The van der Waals surface area contributed by atoms with Crippen LogP contribution >= 0.6 is 0 Å². The molecule has 0 radical (unpaired) electrons.